The van der Waals surface area contributed by atoms with E-state index < -0.39 is 95.6 Å². The summed E-state index contributed by atoms with van der Waals surface area (Å²) in [6.07, 6.45) is 9.81. The number of ether oxygens (including phenoxy) is 18. The average molecular weight is 1650 g/mol. The summed E-state index contributed by atoms with van der Waals surface area (Å²) in [5.74, 6) is -10.3. The fourth-order valence-corrected chi connectivity index (χ4v) is 17.4. The molecule has 2 atom stereocenters. The normalized spacial score (nSPS) is 15.8. The van der Waals surface area contributed by atoms with E-state index in [-0.39, 0.29) is 111 Å². The summed E-state index contributed by atoms with van der Waals surface area (Å²) in [6, 6.07) is 32.5. The zero-order valence-corrected chi connectivity index (χ0v) is 71.4. The van der Waals surface area contributed by atoms with Gasteiger partial charge in [0.15, 0.2) is 0 Å². The minimum absolute atomic E-state index is 0.0197. The number of rotatable bonds is 40. The second-order valence-corrected chi connectivity index (χ2v) is 31.6. The molecule has 2 aliphatic heterocycles. The maximum Gasteiger partial charge on any atom is 0.329 e. The molecule has 0 N–H and O–H groups in total. The van der Waals surface area contributed by atoms with Gasteiger partial charge in [-0.1, -0.05) is 89.1 Å². The molecule has 2 aliphatic carbocycles. The SMILES string of the molecule is COC(CCc1ccc(Oc2cc3c4c(cc(Oc5ccc(CCC(OC)(OC)OC)cc5)c5c6c(Oc7ccc(CCC(OC)(OC)OC)cc7)cc7c8c(cc(Oc9ccc(CCC(OC)(OC)OC)cc9)c(c2c45)c86)C(=O)N(C(C(=O)OC2CCCCC2)C(C)C)C7=O)C(=O)N(C(C(=O)OC2CCCCC2)C(C)C)C3=O)cc1)(OC)OC. The second kappa shape index (κ2) is 37.7. The first-order valence-corrected chi connectivity index (χ1v) is 41.1. The van der Waals surface area contributed by atoms with Crippen LogP contribution in [0, 0.1) is 11.8 Å². The lowest BCUT2D eigenvalue weighted by Crippen LogP contribution is -2.54. The topological polar surface area (TPSA) is 275 Å². The molecule has 2 fully saturated rings. The van der Waals surface area contributed by atoms with Gasteiger partial charge >= 0.3 is 11.9 Å². The van der Waals surface area contributed by atoms with Gasteiger partial charge < -0.3 is 85.3 Å². The van der Waals surface area contributed by atoms with E-state index in [1.807, 2.05) is 48.5 Å². The smallest absolute Gasteiger partial charge is 0.329 e. The van der Waals surface area contributed by atoms with Crippen LogP contribution in [0.2, 0.25) is 0 Å². The molecule has 9 aromatic carbocycles. The van der Waals surface area contributed by atoms with Crippen molar-refractivity contribution in [3.05, 3.63) is 166 Å². The number of nitrogens with zero attached hydrogens (tertiary/aromatic N) is 2. The molecule has 640 valence electrons. The van der Waals surface area contributed by atoms with Crippen LogP contribution in [0.1, 0.15) is 181 Å². The van der Waals surface area contributed by atoms with Crippen molar-refractivity contribution in [1.29, 1.82) is 0 Å². The predicted octanol–water partition coefficient (Wildman–Crippen LogP) is 18.0. The fourth-order valence-electron chi connectivity index (χ4n) is 17.4. The van der Waals surface area contributed by atoms with Crippen molar-refractivity contribution < 1.29 is 114 Å². The predicted molar refractivity (Wildman–Crippen MR) is 446 cm³/mol. The number of carbonyl (C=O) groups is 6. The van der Waals surface area contributed by atoms with Gasteiger partial charge in [-0.2, -0.15) is 0 Å². The van der Waals surface area contributed by atoms with Crippen molar-refractivity contribution in [2.75, 3.05) is 85.3 Å². The number of hydrogen-bond donors (Lipinski definition) is 0. The third-order valence-corrected chi connectivity index (χ3v) is 24.1. The summed E-state index contributed by atoms with van der Waals surface area (Å²) >= 11 is 0. The van der Waals surface area contributed by atoms with Gasteiger partial charge in [-0.05, 0) is 184 Å². The number of esters is 2. The number of benzene rings is 9. The minimum atomic E-state index is -1.43. The molecule has 2 heterocycles. The maximum atomic E-state index is 16.6. The van der Waals surface area contributed by atoms with Crippen LogP contribution in [0.3, 0.4) is 0 Å². The van der Waals surface area contributed by atoms with E-state index in [4.69, 9.17) is 85.3 Å². The lowest BCUT2D eigenvalue weighted by atomic mass is 9.80. The van der Waals surface area contributed by atoms with E-state index in [1.54, 1.807) is 100 Å². The highest BCUT2D eigenvalue weighted by Gasteiger charge is 2.49. The van der Waals surface area contributed by atoms with Crippen molar-refractivity contribution in [2.24, 2.45) is 11.8 Å². The summed E-state index contributed by atoms with van der Waals surface area (Å²) in [5.41, 5.74) is 3.21. The Morgan fingerprint density at radius 2 is 0.517 bits per heavy atom. The van der Waals surface area contributed by atoms with E-state index >= 15 is 28.8 Å². The molecule has 4 amide bonds. The van der Waals surface area contributed by atoms with Gasteiger partial charge in [-0.15, -0.1) is 0 Å². The maximum absolute atomic E-state index is 16.6. The zero-order valence-electron chi connectivity index (χ0n) is 71.4. The number of carbonyl (C=O) groups excluding carboxylic acids is 6. The molecule has 0 bridgehead atoms. The summed E-state index contributed by atoms with van der Waals surface area (Å²) < 4.78 is 110. The number of fused-ring (bicyclic) bond motifs is 2. The molecule has 13 rings (SSSR count). The molecule has 0 aromatic heterocycles. The standard InChI is InChI=1S/C94H110N2O24/c1-55(2)83(89(101)119-61-23-19-17-20-24-61)95-85(97)67-51-71(115-63-35-27-57(28-36-63)43-47-91(103-5,104-6)105-7)77-79-73(117-65-39-31-59(32-40-65)45-49-93(109-11,110-12)111-13)53-69-76-70(88(100)96(87(69)99)84(56(3)4)90(102)120-62-25-21-18-22-26-62)54-74(118-66-41-33-60(34-42-66)46-50-94(112-14,113-15)114-16)80(82(76)79)78-72(52-68(86(95)98)75(67)81(77)78)116-64-37-29-58(30-38-64)44-48-92(106-8,107-9)108-10/h27-42,51-56,61-62,83-84H,17-26,43-50H2,1-16H3. The van der Waals surface area contributed by atoms with Crippen LogP contribution in [-0.2, 0) is 102 Å². The van der Waals surface area contributed by atoms with Gasteiger partial charge in [0, 0.05) is 154 Å². The second-order valence-electron chi connectivity index (χ2n) is 31.6. The van der Waals surface area contributed by atoms with E-state index in [0.29, 0.717) is 77.0 Å². The Bertz CT molecular complexity index is 4530. The Labute approximate surface area is 699 Å². The molecular weight excluding hydrogens is 1540 g/mol. The Morgan fingerprint density at radius 3 is 0.708 bits per heavy atom. The third kappa shape index (κ3) is 17.6. The fraction of sp³-hybridized carbons (Fsp3) is 0.468. The van der Waals surface area contributed by atoms with Crippen LogP contribution in [-0.4, -0.2) is 179 Å². The number of aryl methyl sites for hydroxylation is 4. The first-order chi connectivity index (χ1) is 57.9. The number of hydrogen-bond acceptors (Lipinski definition) is 24. The quantitative estimate of drug-likeness (QED) is 0.0113. The Morgan fingerprint density at radius 1 is 0.308 bits per heavy atom. The van der Waals surface area contributed by atoms with E-state index in [1.165, 1.54) is 85.3 Å². The Hall–Kier alpha value is -9.78. The van der Waals surface area contributed by atoms with Crippen molar-refractivity contribution in [1.82, 2.24) is 9.80 Å². The minimum Gasteiger partial charge on any atom is -0.461 e. The summed E-state index contributed by atoms with van der Waals surface area (Å²) in [7, 11) is 18.0. The highest BCUT2D eigenvalue weighted by Crippen LogP contribution is 2.59. The van der Waals surface area contributed by atoms with Crippen LogP contribution in [0.5, 0.6) is 46.0 Å². The summed E-state index contributed by atoms with van der Waals surface area (Å²) in [5, 5.41) is 1.57. The molecule has 26 heteroatoms. The summed E-state index contributed by atoms with van der Waals surface area (Å²) in [6.45, 7) is 7.06. The van der Waals surface area contributed by atoms with E-state index in [9.17, 15) is 0 Å². The largest absolute Gasteiger partial charge is 0.461 e. The van der Waals surface area contributed by atoms with Crippen molar-refractivity contribution in [2.45, 2.75) is 191 Å². The van der Waals surface area contributed by atoms with Crippen LogP contribution in [0.4, 0.5) is 0 Å². The van der Waals surface area contributed by atoms with E-state index in [2.05, 4.69) is 0 Å². The first kappa shape index (κ1) is 88.0. The van der Waals surface area contributed by atoms with Gasteiger partial charge in [0.2, 0.25) is 0 Å². The van der Waals surface area contributed by atoms with Crippen LogP contribution in [0.15, 0.2) is 121 Å². The first-order valence-electron chi connectivity index (χ1n) is 41.1. The molecule has 2 saturated carbocycles. The molecule has 0 radical (unpaired) electrons. The molecule has 2 unspecified atom stereocenters. The molecular formula is C94H110N2O24. The highest BCUT2D eigenvalue weighted by molar-refractivity contribution is 6.45. The molecule has 120 heavy (non-hydrogen) atoms. The molecule has 26 nitrogen and oxygen atoms in total. The highest BCUT2D eigenvalue weighted by atomic mass is 16.9. The molecule has 9 aromatic rings. The molecule has 0 saturated heterocycles. The number of methoxy groups -OCH3 is 12. The van der Waals surface area contributed by atoms with Crippen LogP contribution >= 0.6 is 0 Å². The van der Waals surface area contributed by atoms with Crippen LogP contribution < -0.4 is 18.9 Å². The molecule has 0 spiro atoms. The Kier molecular flexibility index (Phi) is 27.6. The van der Waals surface area contributed by atoms with Crippen molar-refractivity contribution >= 4 is 78.7 Å². The lowest BCUT2D eigenvalue weighted by molar-refractivity contribution is -0.355. The monoisotopic (exact) mass is 1650 g/mol. The van der Waals surface area contributed by atoms with Gasteiger partial charge in [-0.3, -0.25) is 29.0 Å². The lowest BCUT2D eigenvalue weighted by Gasteiger charge is -2.37. The summed E-state index contributed by atoms with van der Waals surface area (Å²) in [4.78, 5) is 98.8. The third-order valence-electron chi connectivity index (χ3n) is 24.1. The van der Waals surface area contributed by atoms with E-state index in [0.717, 1.165) is 70.6 Å². The van der Waals surface area contributed by atoms with Gasteiger partial charge in [-0.25, -0.2) is 9.59 Å². The zero-order chi connectivity index (χ0) is 85.5. The van der Waals surface area contributed by atoms with Crippen LogP contribution in [0.25, 0.3) is 43.1 Å². The van der Waals surface area contributed by atoms with Crippen molar-refractivity contribution in [3.8, 4) is 46.0 Å². The number of amides is 4. The average Bonchev–Trinajstić information content (AvgIpc) is 0.668. The van der Waals surface area contributed by atoms with Crippen molar-refractivity contribution in [3.63, 3.8) is 0 Å². The van der Waals surface area contributed by atoms with Gasteiger partial charge in [0.05, 0.1) is 22.3 Å². The Balaban J connectivity index is 1.15. The number of imide groups is 2. The van der Waals surface area contributed by atoms with Gasteiger partial charge in [0.25, 0.3) is 47.5 Å². The molecule has 4 aliphatic rings. The van der Waals surface area contributed by atoms with Gasteiger partial charge in [0.1, 0.15) is 70.3 Å².